The van der Waals surface area contributed by atoms with Crippen LogP contribution >= 0.6 is 0 Å². The lowest BCUT2D eigenvalue weighted by Gasteiger charge is -2.31. The lowest BCUT2D eigenvalue weighted by atomic mass is 9.95. The fourth-order valence-electron chi connectivity index (χ4n) is 4.02. The smallest absolute Gasteiger partial charge is 0.261 e. The number of rotatable bonds is 9. The molecule has 0 unspecified atom stereocenters. The number of hydrogen-bond donors (Lipinski definition) is 1. The molecule has 0 heterocycles. The molecule has 1 N–H and O–H groups in total. The van der Waals surface area contributed by atoms with Gasteiger partial charge in [0.25, 0.3) is 5.91 Å². The minimum absolute atomic E-state index is 0.116. The summed E-state index contributed by atoms with van der Waals surface area (Å²) in [6, 6.07) is 14.7. The summed E-state index contributed by atoms with van der Waals surface area (Å²) >= 11 is 0. The third-order valence-electron chi connectivity index (χ3n) is 6.08. The molecule has 6 nitrogen and oxygen atoms in total. The first-order chi connectivity index (χ1) is 15.5. The van der Waals surface area contributed by atoms with Crippen LogP contribution in [0.4, 0.5) is 0 Å². The highest BCUT2D eigenvalue weighted by molar-refractivity contribution is 5.88. The van der Waals surface area contributed by atoms with Gasteiger partial charge in [0.05, 0.1) is 7.11 Å². The number of nitrogens with one attached hydrogen (secondary N) is 1. The van der Waals surface area contributed by atoms with Gasteiger partial charge < -0.3 is 19.7 Å². The van der Waals surface area contributed by atoms with Crippen molar-refractivity contribution in [2.45, 2.75) is 64.6 Å². The molecule has 2 amide bonds. The van der Waals surface area contributed by atoms with Gasteiger partial charge in [-0.3, -0.25) is 9.59 Å². The van der Waals surface area contributed by atoms with E-state index in [1.807, 2.05) is 55.5 Å². The van der Waals surface area contributed by atoms with Crippen molar-refractivity contribution in [2.75, 3.05) is 13.7 Å². The van der Waals surface area contributed by atoms with Crippen molar-refractivity contribution < 1.29 is 19.1 Å². The molecular weight excluding hydrogens is 404 g/mol. The number of ether oxygens (including phenoxy) is 2. The largest absolute Gasteiger partial charge is 0.497 e. The Bertz CT molecular complexity index is 891. The van der Waals surface area contributed by atoms with Crippen molar-refractivity contribution in [1.29, 1.82) is 0 Å². The number of benzene rings is 2. The summed E-state index contributed by atoms with van der Waals surface area (Å²) in [4.78, 5) is 27.8. The van der Waals surface area contributed by atoms with Gasteiger partial charge in [-0.25, -0.2) is 0 Å². The van der Waals surface area contributed by atoms with E-state index in [9.17, 15) is 9.59 Å². The Hall–Kier alpha value is -3.02. The van der Waals surface area contributed by atoms with Gasteiger partial charge in [-0.1, -0.05) is 49.6 Å². The number of carbonyl (C=O) groups excluding carboxylic acids is 2. The van der Waals surface area contributed by atoms with E-state index in [2.05, 4.69) is 5.32 Å². The number of para-hydroxylation sites is 1. The van der Waals surface area contributed by atoms with E-state index < -0.39 is 6.04 Å². The lowest BCUT2D eigenvalue weighted by Crippen LogP contribution is -2.51. The Morgan fingerprint density at radius 1 is 1.06 bits per heavy atom. The Morgan fingerprint density at radius 3 is 2.41 bits per heavy atom. The Labute approximate surface area is 190 Å². The highest BCUT2D eigenvalue weighted by Crippen LogP contribution is 2.20. The highest BCUT2D eigenvalue weighted by atomic mass is 16.5. The second-order valence-electron chi connectivity index (χ2n) is 8.44. The van der Waals surface area contributed by atoms with Gasteiger partial charge in [0.15, 0.2) is 6.61 Å². The van der Waals surface area contributed by atoms with Gasteiger partial charge >= 0.3 is 0 Å². The summed E-state index contributed by atoms with van der Waals surface area (Å²) in [7, 11) is 1.62. The van der Waals surface area contributed by atoms with E-state index in [1.165, 1.54) is 6.42 Å². The first kappa shape index (κ1) is 23.6. The minimum atomic E-state index is -0.605. The normalized spacial score (nSPS) is 15.0. The van der Waals surface area contributed by atoms with E-state index in [0.29, 0.717) is 12.3 Å². The standard InChI is InChI=1S/C26H34N2O4/c1-19-9-7-8-12-24(19)32-18-25(29)28(17-21-13-15-23(31-3)16-14-21)20(2)26(30)27-22-10-5-4-6-11-22/h7-9,12-16,20,22H,4-6,10-11,17-18H2,1-3H3,(H,27,30)/t20-/m0/s1. The average Bonchev–Trinajstić information content (AvgIpc) is 2.82. The minimum Gasteiger partial charge on any atom is -0.497 e. The average molecular weight is 439 g/mol. The maximum Gasteiger partial charge on any atom is 0.261 e. The van der Waals surface area contributed by atoms with Crippen LogP contribution in [0.2, 0.25) is 0 Å². The molecule has 172 valence electrons. The molecule has 0 radical (unpaired) electrons. The summed E-state index contributed by atoms with van der Waals surface area (Å²) in [6.07, 6.45) is 5.50. The quantitative estimate of drug-likeness (QED) is 0.636. The summed E-state index contributed by atoms with van der Waals surface area (Å²) in [5.41, 5.74) is 1.89. The fraction of sp³-hybridized carbons (Fsp3) is 0.462. The van der Waals surface area contributed by atoms with E-state index in [0.717, 1.165) is 42.6 Å². The molecule has 2 aromatic carbocycles. The van der Waals surface area contributed by atoms with Crippen molar-refractivity contribution >= 4 is 11.8 Å². The number of nitrogens with zero attached hydrogens (tertiary/aromatic N) is 1. The molecule has 1 aliphatic carbocycles. The number of amides is 2. The Balaban J connectivity index is 1.71. The zero-order valence-electron chi connectivity index (χ0n) is 19.3. The molecule has 0 spiro atoms. The molecule has 1 aliphatic rings. The van der Waals surface area contributed by atoms with Crippen LogP contribution in [0.25, 0.3) is 0 Å². The molecule has 3 rings (SSSR count). The SMILES string of the molecule is COc1ccc(CN(C(=O)COc2ccccc2C)[C@@H](C)C(=O)NC2CCCCC2)cc1. The number of methoxy groups -OCH3 is 1. The maximum atomic E-state index is 13.2. The van der Waals surface area contributed by atoms with E-state index in [1.54, 1.807) is 18.9 Å². The van der Waals surface area contributed by atoms with E-state index in [4.69, 9.17) is 9.47 Å². The first-order valence-corrected chi connectivity index (χ1v) is 11.4. The summed E-state index contributed by atoms with van der Waals surface area (Å²) < 4.78 is 11.0. The van der Waals surface area contributed by atoms with Crippen molar-refractivity contribution in [2.24, 2.45) is 0 Å². The Morgan fingerprint density at radius 2 is 1.75 bits per heavy atom. The van der Waals surface area contributed by atoms with Crippen LogP contribution in [0.3, 0.4) is 0 Å². The molecule has 0 saturated heterocycles. The molecule has 0 aromatic heterocycles. The summed E-state index contributed by atoms with van der Waals surface area (Å²) in [5.74, 6) is 1.08. The van der Waals surface area contributed by atoms with Crippen molar-refractivity contribution in [3.8, 4) is 11.5 Å². The predicted molar refractivity (Wildman–Crippen MR) is 125 cm³/mol. The molecule has 0 bridgehead atoms. The second-order valence-corrected chi connectivity index (χ2v) is 8.44. The van der Waals surface area contributed by atoms with Crippen molar-refractivity contribution in [1.82, 2.24) is 10.2 Å². The van der Waals surface area contributed by atoms with Crippen LogP contribution in [0, 0.1) is 6.92 Å². The summed E-state index contributed by atoms with van der Waals surface area (Å²) in [5, 5.41) is 3.15. The van der Waals surface area contributed by atoms with Crippen LogP contribution < -0.4 is 14.8 Å². The third-order valence-corrected chi connectivity index (χ3v) is 6.08. The molecule has 32 heavy (non-hydrogen) atoms. The van der Waals surface area contributed by atoms with Crippen LogP contribution in [0.1, 0.15) is 50.2 Å². The van der Waals surface area contributed by atoms with Gasteiger partial charge in [-0.2, -0.15) is 0 Å². The topological polar surface area (TPSA) is 67.9 Å². The van der Waals surface area contributed by atoms with Gasteiger partial charge in [0.1, 0.15) is 17.5 Å². The fourth-order valence-corrected chi connectivity index (χ4v) is 4.02. The van der Waals surface area contributed by atoms with Crippen LogP contribution in [-0.2, 0) is 16.1 Å². The monoisotopic (exact) mass is 438 g/mol. The Kier molecular flexibility index (Phi) is 8.54. The summed E-state index contributed by atoms with van der Waals surface area (Å²) in [6.45, 7) is 3.92. The van der Waals surface area contributed by atoms with Crippen LogP contribution in [-0.4, -0.2) is 42.5 Å². The number of aryl methyl sites for hydroxylation is 1. The van der Waals surface area contributed by atoms with Gasteiger partial charge in [-0.05, 0) is 56.0 Å². The maximum absolute atomic E-state index is 13.2. The first-order valence-electron chi connectivity index (χ1n) is 11.4. The van der Waals surface area contributed by atoms with Crippen LogP contribution in [0.15, 0.2) is 48.5 Å². The van der Waals surface area contributed by atoms with Gasteiger partial charge in [0.2, 0.25) is 5.91 Å². The third kappa shape index (κ3) is 6.49. The molecule has 1 fully saturated rings. The molecule has 6 heteroatoms. The van der Waals surface area contributed by atoms with Gasteiger partial charge in [0, 0.05) is 12.6 Å². The highest BCUT2D eigenvalue weighted by Gasteiger charge is 2.28. The van der Waals surface area contributed by atoms with E-state index >= 15 is 0 Å². The molecular formula is C26H34N2O4. The van der Waals surface area contributed by atoms with E-state index in [-0.39, 0.29) is 24.5 Å². The molecule has 1 saturated carbocycles. The zero-order valence-corrected chi connectivity index (χ0v) is 19.3. The predicted octanol–water partition coefficient (Wildman–Crippen LogP) is 4.25. The van der Waals surface area contributed by atoms with Crippen molar-refractivity contribution in [3.63, 3.8) is 0 Å². The van der Waals surface area contributed by atoms with Gasteiger partial charge in [-0.15, -0.1) is 0 Å². The number of carbonyl (C=O) groups is 2. The van der Waals surface area contributed by atoms with Crippen LogP contribution in [0.5, 0.6) is 11.5 Å². The van der Waals surface area contributed by atoms with Crippen molar-refractivity contribution in [3.05, 3.63) is 59.7 Å². The second kappa shape index (κ2) is 11.6. The zero-order chi connectivity index (χ0) is 22.9. The number of hydrogen-bond acceptors (Lipinski definition) is 4. The molecule has 2 aromatic rings. The molecule has 1 atom stereocenters. The lowest BCUT2D eigenvalue weighted by molar-refractivity contribution is -0.142. The molecule has 0 aliphatic heterocycles.